The van der Waals surface area contributed by atoms with Gasteiger partial charge in [-0.05, 0) is 36.6 Å². The van der Waals surface area contributed by atoms with Crippen LogP contribution in [-0.2, 0) is 14.9 Å². The van der Waals surface area contributed by atoms with Gasteiger partial charge >= 0.3 is 5.97 Å². The van der Waals surface area contributed by atoms with Crippen LogP contribution in [0.15, 0.2) is 12.1 Å². The Morgan fingerprint density at radius 1 is 1.32 bits per heavy atom. The number of hydrogen-bond acceptors (Lipinski definition) is 4. The second kappa shape index (κ2) is 4.42. The first-order valence-corrected chi connectivity index (χ1v) is 6.31. The molecule has 1 aromatic carbocycles. The van der Waals surface area contributed by atoms with Crippen LogP contribution in [0.25, 0.3) is 0 Å². The van der Waals surface area contributed by atoms with Crippen molar-refractivity contribution < 1.29 is 24.1 Å². The second-order valence-corrected chi connectivity index (χ2v) is 5.19. The Labute approximate surface area is 111 Å². The van der Waals surface area contributed by atoms with Crippen molar-refractivity contribution in [2.45, 2.75) is 25.2 Å². The summed E-state index contributed by atoms with van der Waals surface area (Å²) in [5, 5.41) is 8.88. The minimum absolute atomic E-state index is 0.150. The molecule has 5 nitrogen and oxygen atoms in total. The lowest BCUT2D eigenvalue weighted by Crippen LogP contribution is -2.47. The topological polar surface area (TPSA) is 65.0 Å². The van der Waals surface area contributed by atoms with E-state index in [1.165, 1.54) is 0 Å². The number of aliphatic carboxylic acids is 1. The van der Waals surface area contributed by atoms with Gasteiger partial charge in [-0.2, -0.15) is 0 Å². The van der Waals surface area contributed by atoms with Crippen molar-refractivity contribution in [1.82, 2.24) is 0 Å². The Balaban J connectivity index is 1.93. The monoisotopic (exact) mass is 264 g/mol. The summed E-state index contributed by atoms with van der Waals surface area (Å²) in [6.45, 7) is 3.40. The summed E-state index contributed by atoms with van der Waals surface area (Å²) in [6.07, 6.45) is 0.736. The number of aryl methyl sites for hydroxylation is 1. The number of carboxylic acid groups (broad SMARTS) is 1. The van der Waals surface area contributed by atoms with Crippen LogP contribution in [0.2, 0.25) is 0 Å². The third-order valence-electron chi connectivity index (χ3n) is 3.87. The van der Waals surface area contributed by atoms with Gasteiger partial charge in [0.25, 0.3) is 0 Å². The van der Waals surface area contributed by atoms with E-state index >= 15 is 0 Å². The number of rotatable bonds is 4. The Kier molecular flexibility index (Phi) is 2.86. The van der Waals surface area contributed by atoms with Gasteiger partial charge in [-0.25, -0.2) is 0 Å². The largest absolute Gasteiger partial charge is 0.481 e. The van der Waals surface area contributed by atoms with Crippen LogP contribution in [-0.4, -0.2) is 31.1 Å². The molecule has 0 aliphatic carbocycles. The molecule has 2 aliphatic rings. The molecule has 0 atom stereocenters. The van der Waals surface area contributed by atoms with Crippen molar-refractivity contribution in [1.29, 1.82) is 0 Å². The lowest BCUT2D eigenvalue weighted by Gasteiger charge is -2.42. The van der Waals surface area contributed by atoms with E-state index in [2.05, 4.69) is 0 Å². The predicted molar refractivity (Wildman–Crippen MR) is 66.7 cm³/mol. The molecule has 102 valence electrons. The molecule has 3 rings (SSSR count). The zero-order valence-electron chi connectivity index (χ0n) is 10.8. The highest BCUT2D eigenvalue weighted by Gasteiger charge is 2.42. The van der Waals surface area contributed by atoms with E-state index in [0.29, 0.717) is 19.6 Å². The van der Waals surface area contributed by atoms with E-state index in [9.17, 15) is 4.79 Å². The van der Waals surface area contributed by atoms with Gasteiger partial charge < -0.3 is 19.3 Å². The highest BCUT2D eigenvalue weighted by Crippen LogP contribution is 2.44. The molecule has 5 heteroatoms. The normalized spacial score (nSPS) is 19.0. The fraction of sp³-hybridized carbons (Fsp3) is 0.500. The average Bonchev–Trinajstić information content (AvgIpc) is 2.74. The van der Waals surface area contributed by atoms with Crippen LogP contribution >= 0.6 is 0 Å². The molecule has 1 N–H and O–H groups in total. The molecule has 0 saturated carbocycles. The standard InChI is InChI=1S/C14H16O5/c1-9-4-11-12(19-8-18-11)5-10(9)14(6-17-7-14)3-2-13(15)16/h4-5H,2-3,6-8H2,1H3,(H,15,16). The SMILES string of the molecule is Cc1cc2c(cc1C1(CCC(=O)O)COC1)OCO2. The van der Waals surface area contributed by atoms with Crippen molar-refractivity contribution in [3.8, 4) is 11.5 Å². The quantitative estimate of drug-likeness (QED) is 0.899. The highest BCUT2D eigenvalue weighted by atomic mass is 16.7. The van der Waals surface area contributed by atoms with E-state index in [0.717, 1.165) is 22.6 Å². The fourth-order valence-corrected chi connectivity index (χ4v) is 2.74. The van der Waals surface area contributed by atoms with Crippen molar-refractivity contribution in [2.75, 3.05) is 20.0 Å². The first kappa shape index (κ1) is 12.3. The highest BCUT2D eigenvalue weighted by molar-refractivity contribution is 5.67. The molecule has 0 aromatic heterocycles. The molecule has 0 amide bonds. The lowest BCUT2D eigenvalue weighted by atomic mass is 9.73. The van der Waals surface area contributed by atoms with Gasteiger partial charge in [0.2, 0.25) is 6.79 Å². The molecular weight excluding hydrogens is 248 g/mol. The second-order valence-electron chi connectivity index (χ2n) is 5.19. The van der Waals surface area contributed by atoms with Crippen LogP contribution in [0.5, 0.6) is 11.5 Å². The number of ether oxygens (including phenoxy) is 3. The molecule has 1 aromatic rings. The third kappa shape index (κ3) is 2.04. The van der Waals surface area contributed by atoms with Gasteiger partial charge in [0, 0.05) is 11.8 Å². The number of carbonyl (C=O) groups is 1. The van der Waals surface area contributed by atoms with Crippen LogP contribution in [0.4, 0.5) is 0 Å². The number of hydrogen-bond donors (Lipinski definition) is 1. The Hall–Kier alpha value is -1.75. The summed E-state index contributed by atoms with van der Waals surface area (Å²) in [7, 11) is 0. The van der Waals surface area contributed by atoms with Crippen LogP contribution in [0, 0.1) is 6.92 Å². The maximum atomic E-state index is 10.8. The van der Waals surface area contributed by atoms with E-state index < -0.39 is 5.97 Å². The minimum Gasteiger partial charge on any atom is -0.481 e. The predicted octanol–water partition coefficient (Wildman–Crippen LogP) is 1.86. The molecule has 0 spiro atoms. The molecular formula is C14H16O5. The Morgan fingerprint density at radius 3 is 2.58 bits per heavy atom. The van der Waals surface area contributed by atoms with Crippen molar-refractivity contribution in [3.63, 3.8) is 0 Å². The number of benzene rings is 1. The van der Waals surface area contributed by atoms with Gasteiger partial charge in [0.1, 0.15) is 0 Å². The maximum absolute atomic E-state index is 10.8. The van der Waals surface area contributed by atoms with Gasteiger partial charge in [-0.1, -0.05) is 0 Å². The minimum atomic E-state index is -0.773. The summed E-state index contributed by atoms with van der Waals surface area (Å²) in [5.41, 5.74) is 2.02. The Bertz CT molecular complexity index is 519. The van der Waals surface area contributed by atoms with Gasteiger partial charge in [-0.15, -0.1) is 0 Å². The third-order valence-corrected chi connectivity index (χ3v) is 3.87. The molecule has 0 unspecified atom stereocenters. The van der Waals surface area contributed by atoms with Gasteiger partial charge in [-0.3, -0.25) is 4.79 Å². The molecule has 2 heterocycles. The first-order chi connectivity index (χ1) is 9.11. The summed E-state index contributed by atoms with van der Waals surface area (Å²) < 4.78 is 16.1. The summed E-state index contributed by atoms with van der Waals surface area (Å²) in [5.74, 6) is 0.724. The summed E-state index contributed by atoms with van der Waals surface area (Å²) in [6, 6.07) is 3.93. The van der Waals surface area contributed by atoms with Gasteiger partial charge in [0.05, 0.1) is 13.2 Å². The summed E-state index contributed by atoms with van der Waals surface area (Å²) >= 11 is 0. The molecule has 19 heavy (non-hydrogen) atoms. The van der Waals surface area contributed by atoms with Crippen LogP contribution in [0.3, 0.4) is 0 Å². The average molecular weight is 264 g/mol. The summed E-state index contributed by atoms with van der Waals surface area (Å²) in [4.78, 5) is 10.8. The smallest absolute Gasteiger partial charge is 0.303 e. The molecule has 0 bridgehead atoms. The molecule has 2 aliphatic heterocycles. The molecule has 1 fully saturated rings. The van der Waals surface area contributed by atoms with Gasteiger partial charge in [0.15, 0.2) is 11.5 Å². The number of carboxylic acids is 1. The van der Waals surface area contributed by atoms with Crippen LogP contribution < -0.4 is 9.47 Å². The van der Waals surface area contributed by atoms with Crippen molar-refractivity contribution in [2.24, 2.45) is 0 Å². The fourth-order valence-electron chi connectivity index (χ4n) is 2.74. The molecule has 0 radical (unpaired) electrons. The van der Waals surface area contributed by atoms with E-state index in [1.807, 2.05) is 19.1 Å². The van der Waals surface area contributed by atoms with E-state index in [1.54, 1.807) is 0 Å². The Morgan fingerprint density at radius 2 is 2.00 bits per heavy atom. The number of fused-ring (bicyclic) bond motifs is 1. The maximum Gasteiger partial charge on any atom is 0.303 e. The first-order valence-electron chi connectivity index (χ1n) is 6.31. The lowest BCUT2D eigenvalue weighted by molar-refractivity contribution is -0.139. The van der Waals surface area contributed by atoms with Crippen molar-refractivity contribution >= 4 is 5.97 Å². The van der Waals surface area contributed by atoms with Crippen molar-refractivity contribution in [3.05, 3.63) is 23.3 Å². The van der Waals surface area contributed by atoms with Crippen LogP contribution in [0.1, 0.15) is 24.0 Å². The molecule has 1 saturated heterocycles. The zero-order chi connectivity index (χ0) is 13.5. The zero-order valence-corrected chi connectivity index (χ0v) is 10.8. The van der Waals surface area contributed by atoms with E-state index in [4.69, 9.17) is 19.3 Å². The van der Waals surface area contributed by atoms with E-state index in [-0.39, 0.29) is 18.6 Å².